The first-order valence-corrected chi connectivity index (χ1v) is 5.52. The number of amides is 1. The van der Waals surface area contributed by atoms with E-state index in [1.807, 2.05) is 6.07 Å². The minimum absolute atomic E-state index is 0.0950. The number of H-pyrrole nitrogens is 1. The van der Waals surface area contributed by atoms with Crippen molar-refractivity contribution in [3.63, 3.8) is 0 Å². The van der Waals surface area contributed by atoms with Gasteiger partial charge in [0.2, 0.25) is 0 Å². The predicted molar refractivity (Wildman–Crippen MR) is 70.6 cm³/mol. The van der Waals surface area contributed by atoms with Crippen LogP contribution in [0.4, 0.5) is 0 Å². The largest absolute Gasteiger partial charge is 0.366 e. The molecule has 0 saturated carbocycles. The van der Waals surface area contributed by atoms with Gasteiger partial charge in [-0.3, -0.25) is 9.59 Å². The van der Waals surface area contributed by atoms with E-state index < -0.39 is 5.91 Å². The van der Waals surface area contributed by atoms with E-state index in [4.69, 9.17) is 5.73 Å². The number of benzene rings is 2. The van der Waals surface area contributed by atoms with Crippen molar-refractivity contribution < 1.29 is 4.79 Å². The molecule has 0 unspecified atom stereocenters. The lowest BCUT2D eigenvalue weighted by Crippen LogP contribution is -2.14. The Balaban J connectivity index is 2.60. The number of hydrogen-bond acceptors (Lipinski definition) is 2. The highest BCUT2D eigenvalue weighted by atomic mass is 16.1. The summed E-state index contributed by atoms with van der Waals surface area (Å²) < 4.78 is 0. The number of carbonyl (C=O) groups excluding carboxylic acids is 1. The Hall–Kier alpha value is -2.62. The minimum atomic E-state index is -0.550. The molecule has 1 aromatic heterocycles. The Morgan fingerprint density at radius 3 is 2.50 bits per heavy atom. The molecule has 1 amide bonds. The van der Waals surface area contributed by atoms with Crippen molar-refractivity contribution in [3.05, 3.63) is 58.3 Å². The number of aromatic amines is 1. The summed E-state index contributed by atoms with van der Waals surface area (Å²) in [4.78, 5) is 26.8. The lowest BCUT2D eigenvalue weighted by Gasteiger charge is -2.05. The lowest BCUT2D eigenvalue weighted by atomic mass is 10.1. The van der Waals surface area contributed by atoms with Crippen molar-refractivity contribution >= 4 is 27.7 Å². The van der Waals surface area contributed by atoms with Crippen LogP contribution in [0, 0.1) is 0 Å². The number of aromatic nitrogens is 1. The van der Waals surface area contributed by atoms with Crippen LogP contribution >= 0.6 is 0 Å². The zero-order valence-electron chi connectivity index (χ0n) is 9.44. The Labute approximate surface area is 102 Å². The molecule has 1 heterocycles. The standard InChI is InChI=1S/C14H10N2O2/c15-14(18)10-6-3-5-9-12(10)16-11-7-2-1-4-8(11)13(9)17/h1-7H,(H2,15,18)(H,16,17). The zero-order valence-corrected chi connectivity index (χ0v) is 9.44. The average Bonchev–Trinajstić information content (AvgIpc) is 2.38. The van der Waals surface area contributed by atoms with Gasteiger partial charge >= 0.3 is 0 Å². The summed E-state index contributed by atoms with van der Waals surface area (Å²) in [7, 11) is 0. The second-order valence-electron chi connectivity index (χ2n) is 4.09. The van der Waals surface area contributed by atoms with Gasteiger partial charge in [0.05, 0.1) is 11.1 Å². The smallest absolute Gasteiger partial charge is 0.250 e. The fourth-order valence-corrected chi connectivity index (χ4v) is 2.15. The first kappa shape index (κ1) is 10.5. The van der Waals surface area contributed by atoms with Gasteiger partial charge in [-0.15, -0.1) is 0 Å². The summed E-state index contributed by atoms with van der Waals surface area (Å²) in [5, 5.41) is 1.08. The van der Waals surface area contributed by atoms with Gasteiger partial charge in [-0.2, -0.15) is 0 Å². The summed E-state index contributed by atoms with van der Waals surface area (Å²) in [6, 6.07) is 12.1. The van der Waals surface area contributed by atoms with Crippen LogP contribution < -0.4 is 11.2 Å². The number of pyridine rings is 1. The van der Waals surface area contributed by atoms with Crippen LogP contribution in [-0.2, 0) is 0 Å². The Kier molecular flexibility index (Phi) is 2.16. The van der Waals surface area contributed by atoms with Gasteiger partial charge in [0.1, 0.15) is 0 Å². The van der Waals surface area contributed by atoms with E-state index in [2.05, 4.69) is 4.98 Å². The number of para-hydroxylation sites is 2. The highest BCUT2D eigenvalue weighted by molar-refractivity contribution is 6.06. The Bertz CT molecular complexity index is 834. The van der Waals surface area contributed by atoms with Crippen molar-refractivity contribution in [2.45, 2.75) is 0 Å². The van der Waals surface area contributed by atoms with Crippen LogP contribution in [-0.4, -0.2) is 10.9 Å². The van der Waals surface area contributed by atoms with Crippen molar-refractivity contribution in [1.29, 1.82) is 0 Å². The molecule has 0 aliphatic rings. The lowest BCUT2D eigenvalue weighted by molar-refractivity contribution is 0.100. The second-order valence-corrected chi connectivity index (χ2v) is 4.09. The molecular weight excluding hydrogens is 228 g/mol. The predicted octanol–water partition coefficient (Wildman–Crippen LogP) is 1.78. The normalized spacial score (nSPS) is 10.9. The monoisotopic (exact) mass is 238 g/mol. The highest BCUT2D eigenvalue weighted by Gasteiger charge is 2.10. The van der Waals surface area contributed by atoms with Crippen LogP contribution in [0.5, 0.6) is 0 Å². The van der Waals surface area contributed by atoms with E-state index in [0.717, 1.165) is 0 Å². The number of fused-ring (bicyclic) bond motifs is 2. The van der Waals surface area contributed by atoms with E-state index in [0.29, 0.717) is 27.4 Å². The molecule has 3 N–H and O–H groups in total. The van der Waals surface area contributed by atoms with Gasteiger partial charge in [0.15, 0.2) is 5.43 Å². The van der Waals surface area contributed by atoms with Gasteiger partial charge in [0, 0.05) is 16.3 Å². The van der Waals surface area contributed by atoms with E-state index in [1.165, 1.54) is 0 Å². The molecule has 0 bridgehead atoms. The SMILES string of the molecule is NC(=O)c1cccc2c(=O)c3ccccc3[nH]c12. The first-order valence-electron chi connectivity index (χ1n) is 5.52. The Morgan fingerprint density at radius 2 is 1.72 bits per heavy atom. The number of carbonyl (C=O) groups is 1. The molecule has 4 nitrogen and oxygen atoms in total. The van der Waals surface area contributed by atoms with Crippen LogP contribution in [0.2, 0.25) is 0 Å². The minimum Gasteiger partial charge on any atom is -0.366 e. The van der Waals surface area contributed by atoms with E-state index >= 15 is 0 Å². The van der Waals surface area contributed by atoms with E-state index in [1.54, 1.807) is 36.4 Å². The van der Waals surface area contributed by atoms with Gasteiger partial charge in [0.25, 0.3) is 5.91 Å². The number of hydrogen-bond donors (Lipinski definition) is 2. The van der Waals surface area contributed by atoms with Crippen molar-refractivity contribution in [2.24, 2.45) is 5.73 Å². The molecular formula is C14H10N2O2. The third-order valence-electron chi connectivity index (χ3n) is 3.01. The number of nitrogens with two attached hydrogens (primary N) is 1. The summed E-state index contributed by atoms with van der Waals surface area (Å²) in [5.74, 6) is -0.550. The number of primary amides is 1. The molecule has 0 fully saturated rings. The third kappa shape index (κ3) is 1.39. The molecule has 4 heteroatoms. The molecule has 0 aliphatic heterocycles. The van der Waals surface area contributed by atoms with Gasteiger partial charge < -0.3 is 10.7 Å². The van der Waals surface area contributed by atoms with Crippen molar-refractivity contribution in [2.75, 3.05) is 0 Å². The number of rotatable bonds is 1. The topological polar surface area (TPSA) is 76.0 Å². The molecule has 0 radical (unpaired) electrons. The molecule has 2 aromatic carbocycles. The van der Waals surface area contributed by atoms with E-state index in [-0.39, 0.29) is 5.43 Å². The molecule has 3 aromatic rings. The van der Waals surface area contributed by atoms with Gasteiger partial charge in [-0.25, -0.2) is 0 Å². The van der Waals surface area contributed by atoms with E-state index in [9.17, 15) is 9.59 Å². The van der Waals surface area contributed by atoms with Crippen LogP contribution in [0.1, 0.15) is 10.4 Å². The average molecular weight is 238 g/mol. The molecule has 0 atom stereocenters. The van der Waals surface area contributed by atoms with Crippen molar-refractivity contribution in [3.8, 4) is 0 Å². The number of nitrogens with one attached hydrogen (secondary N) is 1. The first-order chi connectivity index (χ1) is 8.68. The molecule has 0 spiro atoms. The summed E-state index contributed by atoms with van der Waals surface area (Å²) in [5.41, 5.74) is 6.74. The van der Waals surface area contributed by atoms with Gasteiger partial charge in [-0.1, -0.05) is 18.2 Å². The summed E-state index contributed by atoms with van der Waals surface area (Å²) in [6.07, 6.45) is 0. The van der Waals surface area contributed by atoms with Crippen LogP contribution in [0.25, 0.3) is 21.8 Å². The maximum Gasteiger partial charge on any atom is 0.250 e. The fourth-order valence-electron chi connectivity index (χ4n) is 2.15. The molecule has 0 saturated heterocycles. The van der Waals surface area contributed by atoms with Crippen LogP contribution in [0.15, 0.2) is 47.3 Å². The molecule has 0 aliphatic carbocycles. The third-order valence-corrected chi connectivity index (χ3v) is 3.01. The maximum atomic E-state index is 12.3. The van der Waals surface area contributed by atoms with Crippen molar-refractivity contribution in [1.82, 2.24) is 4.98 Å². The summed E-state index contributed by atoms with van der Waals surface area (Å²) >= 11 is 0. The molecule has 88 valence electrons. The molecule has 18 heavy (non-hydrogen) atoms. The quantitative estimate of drug-likeness (QED) is 0.634. The zero-order chi connectivity index (χ0) is 12.7. The summed E-state index contributed by atoms with van der Waals surface area (Å²) in [6.45, 7) is 0. The van der Waals surface area contributed by atoms with Crippen LogP contribution in [0.3, 0.4) is 0 Å². The van der Waals surface area contributed by atoms with Gasteiger partial charge in [-0.05, 0) is 24.3 Å². The highest BCUT2D eigenvalue weighted by Crippen LogP contribution is 2.17. The molecule has 3 rings (SSSR count). The fraction of sp³-hybridized carbons (Fsp3) is 0. The Morgan fingerprint density at radius 1 is 1.00 bits per heavy atom. The second kappa shape index (κ2) is 3.70. The maximum absolute atomic E-state index is 12.3.